The Hall–Kier alpha value is -1.86. The molecule has 106 valence electrons. The Morgan fingerprint density at radius 2 is 1.29 bits per heavy atom. The first-order valence-corrected chi connectivity index (χ1v) is 7.90. The van der Waals surface area contributed by atoms with Gasteiger partial charge in [0.1, 0.15) is 0 Å². The second kappa shape index (κ2) is 5.16. The van der Waals surface area contributed by atoms with Crippen molar-refractivity contribution in [1.82, 2.24) is 4.90 Å². The molecule has 0 spiro atoms. The third kappa shape index (κ3) is 2.22. The summed E-state index contributed by atoms with van der Waals surface area (Å²) in [5.41, 5.74) is 9.08. The van der Waals surface area contributed by atoms with Gasteiger partial charge < -0.3 is 4.90 Å². The van der Waals surface area contributed by atoms with E-state index in [0.29, 0.717) is 0 Å². The zero-order valence-corrected chi connectivity index (χ0v) is 12.6. The SMILES string of the molecule is CN1CCC(=C2c3ccccc3Cc3ccccc32)CC1. The highest BCUT2D eigenvalue weighted by atomic mass is 15.1. The predicted molar refractivity (Wildman–Crippen MR) is 88.4 cm³/mol. The Morgan fingerprint density at radius 1 is 0.762 bits per heavy atom. The summed E-state index contributed by atoms with van der Waals surface area (Å²) in [7, 11) is 2.23. The molecule has 2 aromatic carbocycles. The van der Waals surface area contributed by atoms with Gasteiger partial charge in [-0.15, -0.1) is 0 Å². The number of fused-ring (bicyclic) bond motifs is 2. The molecule has 0 atom stereocenters. The average molecular weight is 275 g/mol. The summed E-state index contributed by atoms with van der Waals surface area (Å²) < 4.78 is 0. The van der Waals surface area contributed by atoms with Gasteiger partial charge in [0, 0.05) is 13.1 Å². The second-order valence-corrected chi connectivity index (χ2v) is 6.27. The van der Waals surface area contributed by atoms with Gasteiger partial charge in [0.25, 0.3) is 0 Å². The molecule has 0 amide bonds. The van der Waals surface area contributed by atoms with Crippen molar-refractivity contribution in [3.8, 4) is 0 Å². The van der Waals surface area contributed by atoms with Crippen LogP contribution in [0.25, 0.3) is 5.57 Å². The van der Waals surface area contributed by atoms with Crippen molar-refractivity contribution in [2.45, 2.75) is 19.3 Å². The summed E-state index contributed by atoms with van der Waals surface area (Å²) in [6, 6.07) is 17.9. The molecule has 0 saturated carbocycles. The Labute approximate surface area is 126 Å². The summed E-state index contributed by atoms with van der Waals surface area (Å²) in [4.78, 5) is 2.44. The normalized spacial score (nSPS) is 18.3. The molecular weight excluding hydrogens is 254 g/mol. The Kier molecular flexibility index (Phi) is 3.16. The quantitative estimate of drug-likeness (QED) is 0.596. The van der Waals surface area contributed by atoms with Crippen LogP contribution < -0.4 is 0 Å². The largest absolute Gasteiger partial charge is 0.306 e. The molecule has 1 heteroatoms. The summed E-state index contributed by atoms with van der Waals surface area (Å²) >= 11 is 0. The highest BCUT2D eigenvalue weighted by molar-refractivity contribution is 5.87. The van der Waals surface area contributed by atoms with Crippen LogP contribution in [0.15, 0.2) is 54.1 Å². The smallest absolute Gasteiger partial charge is 0.00160 e. The van der Waals surface area contributed by atoms with Crippen LogP contribution in [-0.2, 0) is 6.42 Å². The minimum absolute atomic E-state index is 1.07. The fourth-order valence-electron chi connectivity index (χ4n) is 3.71. The highest BCUT2D eigenvalue weighted by Crippen LogP contribution is 2.39. The summed E-state index contributed by atoms with van der Waals surface area (Å²) in [6.45, 7) is 2.37. The number of hydrogen-bond donors (Lipinski definition) is 0. The van der Waals surface area contributed by atoms with Crippen LogP contribution in [0.1, 0.15) is 35.1 Å². The molecule has 0 bridgehead atoms. The molecule has 1 fully saturated rings. The van der Waals surface area contributed by atoms with E-state index in [1.165, 1.54) is 53.8 Å². The fourth-order valence-corrected chi connectivity index (χ4v) is 3.71. The molecule has 21 heavy (non-hydrogen) atoms. The van der Waals surface area contributed by atoms with Crippen LogP contribution in [0.3, 0.4) is 0 Å². The maximum absolute atomic E-state index is 2.44. The number of likely N-dealkylation sites (tertiary alicyclic amines) is 1. The molecule has 4 rings (SSSR count). The van der Waals surface area contributed by atoms with Crippen molar-refractivity contribution < 1.29 is 0 Å². The summed E-state index contributed by atoms with van der Waals surface area (Å²) in [6.07, 6.45) is 3.48. The van der Waals surface area contributed by atoms with Crippen molar-refractivity contribution in [1.29, 1.82) is 0 Å². The molecule has 1 aliphatic carbocycles. The van der Waals surface area contributed by atoms with Crippen molar-refractivity contribution in [3.05, 3.63) is 76.4 Å². The zero-order chi connectivity index (χ0) is 14.2. The molecule has 1 nitrogen and oxygen atoms in total. The summed E-state index contributed by atoms with van der Waals surface area (Å²) in [5.74, 6) is 0. The van der Waals surface area contributed by atoms with E-state index in [0.717, 1.165) is 6.42 Å². The molecule has 1 heterocycles. The standard InChI is InChI=1S/C20H21N/c1-21-12-10-15(11-13-21)20-18-8-4-2-6-16(18)14-17-7-3-5-9-19(17)20/h2-9H,10-14H2,1H3. The monoisotopic (exact) mass is 275 g/mol. The Balaban J connectivity index is 1.92. The van der Waals surface area contributed by atoms with Crippen molar-refractivity contribution in [3.63, 3.8) is 0 Å². The van der Waals surface area contributed by atoms with Crippen LogP contribution in [0, 0.1) is 0 Å². The molecule has 1 saturated heterocycles. The lowest BCUT2D eigenvalue weighted by Gasteiger charge is -2.30. The topological polar surface area (TPSA) is 3.24 Å². The second-order valence-electron chi connectivity index (χ2n) is 6.27. The minimum atomic E-state index is 1.07. The zero-order valence-electron chi connectivity index (χ0n) is 12.6. The number of piperidine rings is 1. The van der Waals surface area contributed by atoms with Gasteiger partial charge in [-0.2, -0.15) is 0 Å². The van der Waals surface area contributed by atoms with Gasteiger partial charge in [-0.05, 0) is 54.1 Å². The number of nitrogens with zero attached hydrogens (tertiary/aromatic N) is 1. The highest BCUT2D eigenvalue weighted by Gasteiger charge is 2.23. The molecule has 0 unspecified atom stereocenters. The van der Waals surface area contributed by atoms with Gasteiger partial charge in [0.05, 0.1) is 0 Å². The first kappa shape index (κ1) is 12.8. The molecule has 0 aromatic heterocycles. The third-order valence-corrected chi connectivity index (χ3v) is 4.90. The van der Waals surface area contributed by atoms with Crippen LogP contribution in [-0.4, -0.2) is 25.0 Å². The van der Waals surface area contributed by atoms with Crippen molar-refractivity contribution >= 4 is 5.57 Å². The first-order chi connectivity index (χ1) is 10.3. The Bertz CT molecular complexity index is 654. The van der Waals surface area contributed by atoms with E-state index in [1.807, 2.05) is 0 Å². The fraction of sp³-hybridized carbons (Fsp3) is 0.300. The summed E-state index contributed by atoms with van der Waals surface area (Å²) in [5, 5.41) is 0. The van der Waals surface area contributed by atoms with Gasteiger partial charge in [0.15, 0.2) is 0 Å². The van der Waals surface area contributed by atoms with E-state index in [1.54, 1.807) is 5.57 Å². The van der Waals surface area contributed by atoms with Gasteiger partial charge in [-0.1, -0.05) is 54.1 Å². The maximum Gasteiger partial charge on any atom is 0.00160 e. The van der Waals surface area contributed by atoms with Crippen LogP contribution in [0.2, 0.25) is 0 Å². The Morgan fingerprint density at radius 3 is 1.86 bits per heavy atom. The molecule has 0 N–H and O–H groups in total. The van der Waals surface area contributed by atoms with Crippen molar-refractivity contribution in [2.75, 3.05) is 20.1 Å². The maximum atomic E-state index is 2.44. The number of benzene rings is 2. The van der Waals surface area contributed by atoms with Crippen LogP contribution >= 0.6 is 0 Å². The van der Waals surface area contributed by atoms with E-state index >= 15 is 0 Å². The molecule has 2 aromatic rings. The van der Waals surface area contributed by atoms with Gasteiger partial charge in [-0.25, -0.2) is 0 Å². The van der Waals surface area contributed by atoms with Crippen LogP contribution in [0.4, 0.5) is 0 Å². The van der Waals surface area contributed by atoms with E-state index in [-0.39, 0.29) is 0 Å². The van der Waals surface area contributed by atoms with Gasteiger partial charge in [0.2, 0.25) is 0 Å². The molecule has 0 radical (unpaired) electrons. The van der Waals surface area contributed by atoms with E-state index in [2.05, 4.69) is 60.5 Å². The van der Waals surface area contributed by atoms with E-state index in [4.69, 9.17) is 0 Å². The van der Waals surface area contributed by atoms with E-state index in [9.17, 15) is 0 Å². The lowest BCUT2D eigenvalue weighted by Crippen LogP contribution is -2.27. The molecule has 2 aliphatic rings. The van der Waals surface area contributed by atoms with Crippen LogP contribution in [0.5, 0.6) is 0 Å². The lowest BCUT2D eigenvalue weighted by atomic mass is 9.78. The minimum Gasteiger partial charge on any atom is -0.306 e. The first-order valence-electron chi connectivity index (χ1n) is 7.90. The van der Waals surface area contributed by atoms with Gasteiger partial charge >= 0.3 is 0 Å². The number of rotatable bonds is 0. The van der Waals surface area contributed by atoms with E-state index < -0.39 is 0 Å². The lowest BCUT2D eigenvalue weighted by molar-refractivity contribution is 0.313. The van der Waals surface area contributed by atoms with Crippen molar-refractivity contribution in [2.24, 2.45) is 0 Å². The predicted octanol–water partition coefficient (Wildman–Crippen LogP) is 4.12. The van der Waals surface area contributed by atoms with Gasteiger partial charge in [-0.3, -0.25) is 0 Å². The molecule has 1 aliphatic heterocycles. The average Bonchev–Trinajstić information content (AvgIpc) is 2.53. The number of hydrogen-bond acceptors (Lipinski definition) is 1. The third-order valence-electron chi connectivity index (χ3n) is 4.90. The molecular formula is C20H21N.